The first kappa shape index (κ1) is 28.1. The lowest BCUT2D eigenvalue weighted by atomic mass is 10.2. The molecule has 2 saturated heterocycles. The van der Waals surface area contributed by atoms with Crippen LogP contribution >= 0.6 is 0 Å². The summed E-state index contributed by atoms with van der Waals surface area (Å²) in [5, 5.41) is 2.47. The molecule has 0 aromatic carbocycles. The number of anilines is 3. The van der Waals surface area contributed by atoms with Crippen molar-refractivity contribution >= 4 is 29.8 Å². The molecule has 4 heterocycles. The lowest BCUT2D eigenvalue weighted by molar-refractivity contribution is -0.130. The van der Waals surface area contributed by atoms with E-state index in [-0.39, 0.29) is 35.7 Å². The van der Waals surface area contributed by atoms with Gasteiger partial charge in [0.2, 0.25) is 23.8 Å². The van der Waals surface area contributed by atoms with Crippen LogP contribution in [-0.2, 0) is 14.3 Å². The maximum atomic E-state index is 13.8. The van der Waals surface area contributed by atoms with E-state index in [2.05, 4.69) is 30.2 Å². The number of nitrogens with zero attached hydrogens (tertiary/aromatic N) is 8. The van der Waals surface area contributed by atoms with Crippen molar-refractivity contribution in [3.05, 3.63) is 11.9 Å². The van der Waals surface area contributed by atoms with Gasteiger partial charge in [0.25, 0.3) is 6.43 Å². The minimum Gasteiger partial charge on any atom is -0.444 e. The highest BCUT2D eigenvalue weighted by molar-refractivity contribution is 5.82. The third-order valence-electron chi connectivity index (χ3n) is 5.89. The molecule has 16 heteroatoms. The number of aromatic nitrogens is 5. The highest BCUT2D eigenvalue weighted by atomic mass is 19.3. The molecule has 39 heavy (non-hydrogen) atoms. The standard InChI is InChI=1S/C23H32F2N10O4/c1-23(2,3)39-22(37)28-13-15(36)33-4-6-34(7-5-33)20-30-18(14-12-27-19(26)29-16(14)17(24)25)31-21(32-20)35-8-10-38-11-9-35/h12,17H,4-11,13H2,1-3H3,(H,28,37)(H2,26,27,29). The molecule has 14 nitrogen and oxygen atoms in total. The Morgan fingerprint density at radius 2 is 1.64 bits per heavy atom. The molecule has 212 valence electrons. The van der Waals surface area contributed by atoms with E-state index in [9.17, 15) is 18.4 Å². The third kappa shape index (κ3) is 7.34. The fraction of sp³-hybridized carbons (Fsp3) is 0.609. The van der Waals surface area contributed by atoms with Crippen LogP contribution in [0.2, 0.25) is 0 Å². The number of alkyl halides is 2. The number of amides is 2. The Morgan fingerprint density at radius 3 is 2.23 bits per heavy atom. The zero-order valence-corrected chi connectivity index (χ0v) is 22.1. The van der Waals surface area contributed by atoms with Crippen molar-refractivity contribution in [1.82, 2.24) is 35.1 Å². The van der Waals surface area contributed by atoms with Crippen molar-refractivity contribution in [3.63, 3.8) is 0 Å². The number of morpholine rings is 1. The monoisotopic (exact) mass is 550 g/mol. The fourth-order valence-corrected chi connectivity index (χ4v) is 4.00. The number of alkyl carbamates (subject to hydrolysis) is 1. The van der Waals surface area contributed by atoms with E-state index >= 15 is 0 Å². The molecule has 2 amide bonds. The van der Waals surface area contributed by atoms with Gasteiger partial charge in [0.1, 0.15) is 17.8 Å². The zero-order chi connectivity index (χ0) is 28.2. The summed E-state index contributed by atoms with van der Waals surface area (Å²) in [6, 6.07) is 0. The summed E-state index contributed by atoms with van der Waals surface area (Å²) in [4.78, 5) is 50.9. The number of piperazine rings is 1. The summed E-state index contributed by atoms with van der Waals surface area (Å²) in [5.41, 5.74) is 4.26. The van der Waals surface area contributed by atoms with Crippen LogP contribution in [0.3, 0.4) is 0 Å². The molecule has 2 aliphatic rings. The van der Waals surface area contributed by atoms with E-state index in [1.807, 2.05) is 9.80 Å². The van der Waals surface area contributed by atoms with Crippen LogP contribution in [0, 0.1) is 0 Å². The quantitative estimate of drug-likeness (QED) is 0.522. The number of ether oxygens (including phenoxy) is 2. The van der Waals surface area contributed by atoms with Gasteiger partial charge in [0, 0.05) is 45.5 Å². The summed E-state index contributed by atoms with van der Waals surface area (Å²) in [6.07, 6.45) is -2.40. The molecule has 0 atom stereocenters. The van der Waals surface area contributed by atoms with Crippen molar-refractivity contribution in [2.45, 2.75) is 32.8 Å². The SMILES string of the molecule is CC(C)(C)OC(=O)NCC(=O)N1CCN(c2nc(-c3cnc(N)nc3C(F)F)nc(N3CCOCC3)n2)CC1. The summed E-state index contributed by atoms with van der Waals surface area (Å²) < 4.78 is 38.2. The molecule has 0 radical (unpaired) electrons. The van der Waals surface area contributed by atoms with Crippen LogP contribution < -0.4 is 20.9 Å². The van der Waals surface area contributed by atoms with E-state index in [1.165, 1.54) is 6.20 Å². The molecule has 4 rings (SSSR count). The van der Waals surface area contributed by atoms with Crippen LogP contribution in [0.4, 0.5) is 31.4 Å². The van der Waals surface area contributed by atoms with Crippen molar-refractivity contribution in [3.8, 4) is 11.4 Å². The molecule has 0 unspecified atom stereocenters. The van der Waals surface area contributed by atoms with E-state index in [0.717, 1.165) is 0 Å². The van der Waals surface area contributed by atoms with Gasteiger partial charge in [-0.25, -0.2) is 23.5 Å². The Bertz CT molecular complexity index is 1180. The Hall–Kier alpha value is -3.95. The Balaban J connectivity index is 1.51. The number of carbonyl (C=O) groups is 2. The topological polar surface area (TPSA) is 165 Å². The highest BCUT2D eigenvalue weighted by Crippen LogP contribution is 2.30. The number of halogens is 2. The molecular weight excluding hydrogens is 518 g/mol. The Labute approximate surface area is 223 Å². The van der Waals surface area contributed by atoms with Gasteiger partial charge in [-0.3, -0.25) is 4.79 Å². The number of nitrogens with two attached hydrogens (primary N) is 1. The van der Waals surface area contributed by atoms with E-state index < -0.39 is 23.8 Å². The number of rotatable bonds is 6. The average molecular weight is 551 g/mol. The predicted molar refractivity (Wildman–Crippen MR) is 136 cm³/mol. The molecule has 2 aliphatic heterocycles. The zero-order valence-electron chi connectivity index (χ0n) is 22.1. The summed E-state index contributed by atoms with van der Waals surface area (Å²) in [6.45, 7) is 8.45. The second kappa shape index (κ2) is 11.8. The second-order valence-electron chi connectivity index (χ2n) is 9.91. The van der Waals surface area contributed by atoms with Gasteiger partial charge in [0.15, 0.2) is 5.82 Å². The first-order valence-electron chi connectivity index (χ1n) is 12.5. The number of nitrogen functional groups attached to an aromatic ring is 1. The first-order valence-corrected chi connectivity index (χ1v) is 12.5. The van der Waals surface area contributed by atoms with Crippen molar-refractivity contribution in [2.75, 3.05) is 74.6 Å². The van der Waals surface area contributed by atoms with Gasteiger partial charge in [-0.05, 0) is 20.8 Å². The number of carbonyl (C=O) groups excluding carboxylic acids is 2. The summed E-state index contributed by atoms with van der Waals surface area (Å²) >= 11 is 0. The number of hydrogen-bond acceptors (Lipinski definition) is 12. The predicted octanol–water partition coefficient (Wildman–Crippen LogP) is 0.858. The van der Waals surface area contributed by atoms with E-state index in [0.29, 0.717) is 58.4 Å². The van der Waals surface area contributed by atoms with Crippen LogP contribution in [0.5, 0.6) is 0 Å². The Kier molecular flexibility index (Phi) is 8.52. The van der Waals surface area contributed by atoms with Crippen molar-refractivity contribution < 1.29 is 27.8 Å². The van der Waals surface area contributed by atoms with Crippen LogP contribution in [-0.4, -0.2) is 106 Å². The van der Waals surface area contributed by atoms with Crippen LogP contribution in [0.1, 0.15) is 32.9 Å². The lowest BCUT2D eigenvalue weighted by Gasteiger charge is -2.35. The molecular formula is C23H32F2N10O4. The molecule has 2 aromatic heterocycles. The number of nitrogens with one attached hydrogen (secondary N) is 1. The van der Waals surface area contributed by atoms with Crippen molar-refractivity contribution in [2.24, 2.45) is 0 Å². The lowest BCUT2D eigenvalue weighted by Crippen LogP contribution is -2.52. The van der Waals surface area contributed by atoms with Crippen molar-refractivity contribution in [1.29, 1.82) is 0 Å². The maximum absolute atomic E-state index is 13.8. The summed E-state index contributed by atoms with van der Waals surface area (Å²) in [5.74, 6) is 0.0508. The second-order valence-corrected chi connectivity index (χ2v) is 9.91. The van der Waals surface area contributed by atoms with Gasteiger partial charge in [-0.15, -0.1) is 0 Å². The van der Waals surface area contributed by atoms with E-state index in [1.54, 1.807) is 25.7 Å². The molecule has 2 fully saturated rings. The van der Waals surface area contributed by atoms with Gasteiger partial charge in [-0.2, -0.15) is 15.0 Å². The Morgan fingerprint density at radius 1 is 1.03 bits per heavy atom. The highest BCUT2D eigenvalue weighted by Gasteiger charge is 2.27. The molecule has 0 spiro atoms. The van der Waals surface area contributed by atoms with E-state index in [4.69, 9.17) is 15.2 Å². The molecule has 0 aliphatic carbocycles. The maximum Gasteiger partial charge on any atom is 0.408 e. The normalized spacial score (nSPS) is 16.4. The van der Waals surface area contributed by atoms with Gasteiger partial charge in [0.05, 0.1) is 18.8 Å². The fourth-order valence-electron chi connectivity index (χ4n) is 4.00. The molecule has 2 aromatic rings. The van der Waals surface area contributed by atoms with Crippen LogP contribution in [0.25, 0.3) is 11.4 Å². The third-order valence-corrected chi connectivity index (χ3v) is 5.89. The van der Waals surface area contributed by atoms with Gasteiger partial charge < -0.3 is 35.2 Å². The van der Waals surface area contributed by atoms with Crippen LogP contribution in [0.15, 0.2) is 6.20 Å². The molecule has 0 bridgehead atoms. The minimum absolute atomic E-state index is 0.00291. The largest absolute Gasteiger partial charge is 0.444 e. The average Bonchev–Trinajstić information content (AvgIpc) is 2.91. The minimum atomic E-state index is -2.92. The van der Waals surface area contributed by atoms with Gasteiger partial charge in [-0.1, -0.05) is 0 Å². The smallest absolute Gasteiger partial charge is 0.408 e. The van der Waals surface area contributed by atoms with Gasteiger partial charge >= 0.3 is 6.09 Å². The first-order chi connectivity index (χ1) is 18.5. The summed E-state index contributed by atoms with van der Waals surface area (Å²) in [7, 11) is 0. The molecule has 3 N–H and O–H groups in total. The molecule has 0 saturated carbocycles. The number of hydrogen-bond donors (Lipinski definition) is 2.